The van der Waals surface area contributed by atoms with Crippen molar-refractivity contribution in [1.29, 1.82) is 0 Å². The van der Waals surface area contributed by atoms with Gasteiger partial charge in [-0.2, -0.15) is 0 Å². The Labute approximate surface area is 225 Å². The molecule has 0 heterocycles. The molecule has 0 aromatic heterocycles. The van der Waals surface area contributed by atoms with Crippen molar-refractivity contribution in [3.8, 4) is 0 Å². The molecule has 0 saturated carbocycles. The van der Waals surface area contributed by atoms with Crippen LogP contribution in [0.3, 0.4) is 0 Å². The zero-order valence-electron chi connectivity index (χ0n) is 23.3. The average molecular weight is 517 g/mol. The summed E-state index contributed by atoms with van der Waals surface area (Å²) in [5.41, 5.74) is 0.809. The van der Waals surface area contributed by atoms with Gasteiger partial charge >= 0.3 is 5.97 Å². The molecule has 0 aliphatic carbocycles. The van der Waals surface area contributed by atoms with Gasteiger partial charge in [0.05, 0.1) is 0 Å². The highest BCUT2D eigenvalue weighted by Gasteiger charge is 2.22. The van der Waals surface area contributed by atoms with Gasteiger partial charge in [-0.3, -0.25) is 14.4 Å². The largest absolute Gasteiger partial charge is 0.481 e. The Balaban J connectivity index is 2.24. The van der Waals surface area contributed by atoms with Gasteiger partial charge in [-0.15, -0.1) is 0 Å². The van der Waals surface area contributed by atoms with Crippen molar-refractivity contribution in [1.82, 2.24) is 10.6 Å². The molecule has 0 bridgehead atoms. The number of hydrogen-bond acceptors (Lipinski definition) is 3. The number of rotatable bonds is 24. The number of carbonyl (C=O) groups excluding carboxylic acids is 2. The third-order valence-electron chi connectivity index (χ3n) is 6.82. The van der Waals surface area contributed by atoms with Crippen molar-refractivity contribution in [3.05, 3.63) is 35.9 Å². The second-order valence-corrected chi connectivity index (χ2v) is 10.3. The highest BCUT2D eigenvalue weighted by atomic mass is 16.4. The zero-order chi connectivity index (χ0) is 27.0. The standard InChI is InChI=1S/C31H52N2O4/c1-2-3-4-5-6-7-10-13-19-24-28(34)33-30(27-22-17-16-18-23-27)31(37)32-26-21-15-12-9-8-11-14-20-25-29(35)36/h16-18,22-23,30H,2-15,19-21,24-26H2,1H3,(H,32,37)(H,33,34)(H,35,36)/t30-/m1/s1. The minimum Gasteiger partial charge on any atom is -0.481 e. The van der Waals surface area contributed by atoms with E-state index in [-0.39, 0.29) is 18.2 Å². The SMILES string of the molecule is CCCCCCCCCCCC(=O)N[C@@H](C(=O)NCCCCCCCCCCC(=O)O)c1ccccc1. The molecule has 0 aliphatic heterocycles. The van der Waals surface area contributed by atoms with Crippen LogP contribution in [0.4, 0.5) is 0 Å². The molecule has 1 rings (SSSR count). The number of hydrogen-bond donors (Lipinski definition) is 3. The first-order valence-electron chi connectivity index (χ1n) is 14.9. The molecule has 37 heavy (non-hydrogen) atoms. The summed E-state index contributed by atoms with van der Waals surface area (Å²) in [4.78, 5) is 36.0. The van der Waals surface area contributed by atoms with Crippen LogP contribution in [0.2, 0.25) is 0 Å². The molecular formula is C31H52N2O4. The lowest BCUT2D eigenvalue weighted by Crippen LogP contribution is -2.40. The maximum absolute atomic E-state index is 12.9. The molecule has 2 amide bonds. The van der Waals surface area contributed by atoms with Gasteiger partial charge in [0.2, 0.25) is 11.8 Å². The van der Waals surface area contributed by atoms with E-state index in [1.54, 1.807) is 0 Å². The number of aliphatic carboxylic acids is 1. The molecule has 0 radical (unpaired) electrons. The van der Waals surface area contributed by atoms with Crippen LogP contribution in [0, 0.1) is 0 Å². The lowest BCUT2D eigenvalue weighted by Gasteiger charge is -2.19. The fraction of sp³-hybridized carbons (Fsp3) is 0.710. The maximum Gasteiger partial charge on any atom is 0.303 e. The number of carboxylic acids is 1. The summed E-state index contributed by atoms with van der Waals surface area (Å²) in [5, 5.41) is 14.6. The summed E-state index contributed by atoms with van der Waals surface area (Å²) in [7, 11) is 0. The molecule has 3 N–H and O–H groups in total. The van der Waals surface area contributed by atoms with Crippen molar-refractivity contribution in [2.24, 2.45) is 0 Å². The molecule has 6 heteroatoms. The van der Waals surface area contributed by atoms with E-state index in [0.717, 1.165) is 69.8 Å². The normalized spacial score (nSPS) is 11.7. The van der Waals surface area contributed by atoms with Gasteiger partial charge < -0.3 is 15.7 Å². The van der Waals surface area contributed by atoms with Gasteiger partial charge in [0.1, 0.15) is 6.04 Å². The fourth-order valence-electron chi connectivity index (χ4n) is 4.55. The molecule has 1 atom stereocenters. The van der Waals surface area contributed by atoms with Crippen LogP contribution in [-0.2, 0) is 14.4 Å². The van der Waals surface area contributed by atoms with Gasteiger partial charge in [0.25, 0.3) is 0 Å². The molecule has 0 fully saturated rings. The molecule has 0 saturated heterocycles. The topological polar surface area (TPSA) is 95.5 Å². The Kier molecular flexibility index (Phi) is 20.1. The van der Waals surface area contributed by atoms with E-state index in [0.29, 0.717) is 13.0 Å². The van der Waals surface area contributed by atoms with E-state index >= 15 is 0 Å². The van der Waals surface area contributed by atoms with E-state index in [9.17, 15) is 14.4 Å². The fourth-order valence-corrected chi connectivity index (χ4v) is 4.55. The Morgan fingerprint density at radius 2 is 1.16 bits per heavy atom. The molecule has 6 nitrogen and oxygen atoms in total. The van der Waals surface area contributed by atoms with Crippen LogP contribution < -0.4 is 10.6 Å². The van der Waals surface area contributed by atoms with Crippen molar-refractivity contribution in [2.75, 3.05) is 6.54 Å². The Bertz CT molecular complexity index is 723. The summed E-state index contributed by atoms with van der Waals surface area (Å²) in [6, 6.07) is 8.82. The zero-order valence-corrected chi connectivity index (χ0v) is 23.3. The van der Waals surface area contributed by atoms with E-state index in [4.69, 9.17) is 5.11 Å². The third kappa shape index (κ3) is 18.5. The molecule has 0 unspecified atom stereocenters. The minimum absolute atomic E-state index is 0.0599. The molecular weight excluding hydrogens is 464 g/mol. The monoisotopic (exact) mass is 516 g/mol. The minimum atomic E-state index is -0.713. The lowest BCUT2D eigenvalue weighted by atomic mass is 10.0. The van der Waals surface area contributed by atoms with Gasteiger partial charge in [-0.25, -0.2) is 0 Å². The summed E-state index contributed by atoms with van der Waals surface area (Å²) in [5.74, 6) is -0.921. The lowest BCUT2D eigenvalue weighted by molar-refractivity contribution is -0.137. The van der Waals surface area contributed by atoms with Gasteiger partial charge in [-0.1, -0.05) is 127 Å². The van der Waals surface area contributed by atoms with Gasteiger partial charge in [-0.05, 0) is 24.8 Å². The number of unbranched alkanes of at least 4 members (excludes halogenated alkanes) is 15. The second kappa shape index (κ2) is 22.8. The van der Waals surface area contributed by atoms with Crippen molar-refractivity contribution >= 4 is 17.8 Å². The summed E-state index contributed by atoms with van der Waals surface area (Å²) >= 11 is 0. The van der Waals surface area contributed by atoms with Crippen LogP contribution in [0.1, 0.15) is 141 Å². The smallest absolute Gasteiger partial charge is 0.303 e. The molecule has 1 aromatic rings. The van der Waals surface area contributed by atoms with E-state index in [1.807, 2.05) is 30.3 Å². The summed E-state index contributed by atoms with van der Waals surface area (Å²) in [6.07, 6.45) is 19.8. The van der Waals surface area contributed by atoms with Gasteiger partial charge in [0.15, 0.2) is 0 Å². The summed E-state index contributed by atoms with van der Waals surface area (Å²) in [6.45, 7) is 2.84. The number of carbonyl (C=O) groups is 3. The van der Waals surface area contributed by atoms with Crippen LogP contribution in [0.5, 0.6) is 0 Å². The van der Waals surface area contributed by atoms with Crippen LogP contribution in [0.15, 0.2) is 30.3 Å². The first-order valence-corrected chi connectivity index (χ1v) is 14.9. The van der Waals surface area contributed by atoms with Crippen LogP contribution >= 0.6 is 0 Å². The summed E-state index contributed by atoms with van der Waals surface area (Å²) < 4.78 is 0. The molecule has 0 aliphatic rings. The van der Waals surface area contributed by atoms with E-state index in [1.165, 1.54) is 44.9 Å². The van der Waals surface area contributed by atoms with Crippen LogP contribution in [0.25, 0.3) is 0 Å². The number of nitrogens with one attached hydrogen (secondary N) is 2. The van der Waals surface area contributed by atoms with E-state index in [2.05, 4.69) is 17.6 Å². The van der Waals surface area contributed by atoms with Gasteiger partial charge in [0, 0.05) is 19.4 Å². The predicted octanol–water partition coefficient (Wildman–Crippen LogP) is 7.48. The number of amides is 2. The van der Waals surface area contributed by atoms with Crippen LogP contribution in [-0.4, -0.2) is 29.4 Å². The number of carboxylic acid groups (broad SMARTS) is 1. The Hall–Kier alpha value is -2.37. The average Bonchev–Trinajstić information content (AvgIpc) is 2.89. The molecule has 210 valence electrons. The van der Waals surface area contributed by atoms with E-state index < -0.39 is 12.0 Å². The van der Waals surface area contributed by atoms with Crippen molar-refractivity contribution in [2.45, 2.75) is 135 Å². The first-order chi connectivity index (χ1) is 18.0. The first kappa shape index (κ1) is 32.7. The highest BCUT2D eigenvalue weighted by Crippen LogP contribution is 2.15. The van der Waals surface area contributed by atoms with Crippen molar-refractivity contribution in [3.63, 3.8) is 0 Å². The Morgan fingerprint density at radius 3 is 1.70 bits per heavy atom. The maximum atomic E-state index is 12.9. The highest BCUT2D eigenvalue weighted by molar-refractivity contribution is 5.88. The second-order valence-electron chi connectivity index (χ2n) is 10.3. The molecule has 1 aromatic carbocycles. The molecule has 0 spiro atoms. The number of benzene rings is 1. The van der Waals surface area contributed by atoms with Crippen molar-refractivity contribution < 1.29 is 19.5 Å². The third-order valence-corrected chi connectivity index (χ3v) is 6.82. The predicted molar refractivity (Wildman–Crippen MR) is 151 cm³/mol. The quantitative estimate of drug-likeness (QED) is 0.124. The Morgan fingerprint density at radius 1 is 0.676 bits per heavy atom.